The molecule has 11 heteroatoms. The van der Waals surface area contributed by atoms with Crippen molar-refractivity contribution in [2.75, 3.05) is 11.9 Å². The van der Waals surface area contributed by atoms with E-state index in [0.29, 0.717) is 5.69 Å². The summed E-state index contributed by atoms with van der Waals surface area (Å²) in [5.74, 6) is -2.58. The van der Waals surface area contributed by atoms with Gasteiger partial charge in [0, 0.05) is 23.5 Å². The number of carboxylic acid groups (broad SMARTS) is 1. The van der Waals surface area contributed by atoms with E-state index in [2.05, 4.69) is 20.6 Å². The highest BCUT2D eigenvalue weighted by Crippen LogP contribution is 2.29. The number of hydrogen-bond acceptors (Lipinski definition) is 7. The lowest BCUT2D eigenvalue weighted by atomic mass is 9.87. The molecule has 1 atom stereocenters. The molecule has 0 bridgehead atoms. The fourth-order valence-corrected chi connectivity index (χ4v) is 3.51. The molecular formula is C26H28N6O5. The fourth-order valence-electron chi connectivity index (χ4n) is 3.51. The monoisotopic (exact) mass is 504 g/mol. The Morgan fingerprint density at radius 2 is 1.76 bits per heavy atom. The number of rotatable bonds is 8. The van der Waals surface area contributed by atoms with Crippen LogP contribution in [0, 0.1) is 10.8 Å². The second-order valence-electron chi connectivity index (χ2n) is 9.36. The number of nitrogens with zero attached hydrogens (tertiary/aromatic N) is 2. The third-order valence-electron chi connectivity index (χ3n) is 5.70. The largest absolute Gasteiger partial charge is 0.478 e. The fraction of sp³-hybridized carbons (Fsp3) is 0.231. The summed E-state index contributed by atoms with van der Waals surface area (Å²) in [5.41, 5.74) is 6.08. The maximum atomic E-state index is 13.1. The first-order valence-corrected chi connectivity index (χ1v) is 11.3. The van der Waals surface area contributed by atoms with Crippen LogP contribution >= 0.6 is 0 Å². The molecule has 192 valence electrons. The molecule has 0 spiro atoms. The lowest BCUT2D eigenvalue weighted by Gasteiger charge is -2.29. The third kappa shape index (κ3) is 6.33. The van der Waals surface area contributed by atoms with E-state index in [1.807, 2.05) is 20.8 Å². The average Bonchev–Trinajstić information content (AvgIpc) is 2.86. The van der Waals surface area contributed by atoms with Gasteiger partial charge in [-0.05, 0) is 41.3 Å². The van der Waals surface area contributed by atoms with Gasteiger partial charge < -0.3 is 26.6 Å². The second-order valence-corrected chi connectivity index (χ2v) is 9.36. The quantitative estimate of drug-likeness (QED) is 0.199. The van der Waals surface area contributed by atoms with Crippen molar-refractivity contribution in [1.29, 1.82) is 5.41 Å². The van der Waals surface area contributed by atoms with Gasteiger partial charge in [-0.2, -0.15) is 0 Å². The summed E-state index contributed by atoms with van der Waals surface area (Å²) in [6, 6.07) is 8.05. The van der Waals surface area contributed by atoms with Crippen LogP contribution in [0.2, 0.25) is 0 Å². The van der Waals surface area contributed by atoms with Crippen LogP contribution in [0.5, 0.6) is 0 Å². The molecule has 1 aromatic carbocycles. The summed E-state index contributed by atoms with van der Waals surface area (Å²) >= 11 is 0. The maximum absolute atomic E-state index is 13.1. The molecule has 0 aliphatic carbocycles. The second kappa shape index (κ2) is 11.0. The summed E-state index contributed by atoms with van der Waals surface area (Å²) in [4.78, 5) is 46.1. The lowest BCUT2D eigenvalue weighted by Crippen LogP contribution is -2.46. The Morgan fingerprint density at radius 3 is 2.32 bits per heavy atom. The summed E-state index contributed by atoms with van der Waals surface area (Å²) < 4.78 is 0. The number of aliphatic hydroxyl groups excluding tert-OH is 1. The van der Waals surface area contributed by atoms with Crippen molar-refractivity contribution in [3.8, 4) is 11.1 Å². The van der Waals surface area contributed by atoms with Crippen LogP contribution in [-0.4, -0.2) is 56.4 Å². The molecule has 0 unspecified atom stereocenters. The van der Waals surface area contributed by atoms with E-state index in [4.69, 9.17) is 11.1 Å². The number of carboxylic acids is 1. The van der Waals surface area contributed by atoms with Gasteiger partial charge in [-0.15, -0.1) is 0 Å². The Kier molecular flexibility index (Phi) is 7.98. The molecule has 7 N–H and O–H groups in total. The average molecular weight is 505 g/mol. The first kappa shape index (κ1) is 27.0. The molecule has 0 fully saturated rings. The minimum absolute atomic E-state index is 0.0929. The van der Waals surface area contributed by atoms with Crippen LogP contribution in [0.25, 0.3) is 11.1 Å². The van der Waals surface area contributed by atoms with Crippen molar-refractivity contribution in [3.63, 3.8) is 0 Å². The molecule has 0 saturated heterocycles. The lowest BCUT2D eigenvalue weighted by molar-refractivity contribution is 0.0697. The van der Waals surface area contributed by atoms with Crippen LogP contribution < -0.4 is 16.4 Å². The number of anilines is 1. The number of carbonyl (C=O) groups is 3. The van der Waals surface area contributed by atoms with Crippen LogP contribution in [0.3, 0.4) is 0 Å². The molecule has 37 heavy (non-hydrogen) atoms. The van der Waals surface area contributed by atoms with Crippen LogP contribution in [0.1, 0.15) is 57.5 Å². The van der Waals surface area contributed by atoms with Crippen molar-refractivity contribution < 1.29 is 24.6 Å². The summed E-state index contributed by atoms with van der Waals surface area (Å²) in [6.07, 6.45) is 4.12. The summed E-state index contributed by atoms with van der Waals surface area (Å²) in [6.45, 7) is 5.31. The van der Waals surface area contributed by atoms with Gasteiger partial charge in [-0.1, -0.05) is 26.8 Å². The van der Waals surface area contributed by atoms with Crippen molar-refractivity contribution >= 4 is 29.3 Å². The molecule has 3 aromatic rings. The number of nitrogens with one attached hydrogen (secondary N) is 3. The van der Waals surface area contributed by atoms with Gasteiger partial charge in [0.15, 0.2) is 0 Å². The standard InChI is InChI=1S/C26H28N6O5/c1-26(2,3)21(13-33)32-23(34)14-4-6-16(18(10-14)25(36)37)19-12-29-9-8-17(19)24(35)31-15-5-7-20(22(27)28)30-11-15/h4-12,21,33H,13H2,1-3H3,(H3,27,28)(H,31,35)(H,32,34)(H,36,37)/t21-/m1/s1. The van der Waals surface area contributed by atoms with Crippen molar-refractivity contribution in [2.24, 2.45) is 11.1 Å². The zero-order valence-electron chi connectivity index (χ0n) is 20.6. The van der Waals surface area contributed by atoms with Crippen molar-refractivity contribution in [2.45, 2.75) is 26.8 Å². The molecule has 0 aliphatic heterocycles. The molecule has 0 saturated carbocycles. The molecule has 2 amide bonds. The van der Waals surface area contributed by atoms with Crippen LogP contribution in [0.4, 0.5) is 5.69 Å². The molecule has 2 aromatic heterocycles. The first-order chi connectivity index (χ1) is 17.4. The minimum atomic E-state index is -1.29. The van der Waals surface area contributed by atoms with Gasteiger partial charge in [0.1, 0.15) is 11.5 Å². The summed E-state index contributed by atoms with van der Waals surface area (Å²) in [5, 5.41) is 32.4. The van der Waals surface area contributed by atoms with E-state index in [0.717, 1.165) is 0 Å². The highest BCUT2D eigenvalue weighted by atomic mass is 16.4. The number of nitrogen functional groups attached to an aromatic ring is 1. The Balaban J connectivity index is 1.95. The van der Waals surface area contributed by atoms with Crippen LogP contribution in [0.15, 0.2) is 55.0 Å². The minimum Gasteiger partial charge on any atom is -0.478 e. The zero-order chi connectivity index (χ0) is 27.3. The predicted octanol–water partition coefficient (Wildman–Crippen LogP) is 2.51. The van der Waals surface area contributed by atoms with Gasteiger partial charge in [0.25, 0.3) is 11.8 Å². The van der Waals surface area contributed by atoms with Gasteiger partial charge in [0.2, 0.25) is 0 Å². The van der Waals surface area contributed by atoms with Crippen molar-refractivity contribution in [1.82, 2.24) is 15.3 Å². The Labute approximate surface area is 213 Å². The molecule has 0 radical (unpaired) electrons. The number of aliphatic hydroxyl groups is 1. The van der Waals surface area contributed by atoms with E-state index in [9.17, 15) is 24.6 Å². The number of amides is 2. The third-order valence-corrected chi connectivity index (χ3v) is 5.70. The number of aromatic carboxylic acids is 1. The van der Waals surface area contributed by atoms with Crippen molar-refractivity contribution in [3.05, 3.63) is 77.4 Å². The number of nitrogens with two attached hydrogens (primary N) is 1. The van der Waals surface area contributed by atoms with E-state index in [-0.39, 0.29) is 46.0 Å². The highest BCUT2D eigenvalue weighted by molar-refractivity contribution is 6.10. The Bertz CT molecular complexity index is 1350. The van der Waals surface area contributed by atoms with E-state index < -0.39 is 29.2 Å². The topological polar surface area (TPSA) is 191 Å². The molecule has 2 heterocycles. The normalized spacial score (nSPS) is 11.9. The molecular weight excluding hydrogens is 476 g/mol. The number of benzene rings is 1. The summed E-state index contributed by atoms with van der Waals surface area (Å²) in [7, 11) is 0. The number of hydrogen-bond donors (Lipinski definition) is 6. The SMILES string of the molecule is CC(C)(C)[C@@H](CO)NC(=O)c1ccc(-c2cnccc2C(=O)Nc2ccc(C(=N)N)nc2)c(C(=O)O)c1. The maximum Gasteiger partial charge on any atom is 0.336 e. The highest BCUT2D eigenvalue weighted by Gasteiger charge is 2.27. The van der Waals surface area contributed by atoms with E-state index in [1.54, 1.807) is 0 Å². The molecule has 11 nitrogen and oxygen atoms in total. The van der Waals surface area contributed by atoms with Crippen LogP contribution in [-0.2, 0) is 0 Å². The van der Waals surface area contributed by atoms with Gasteiger partial charge in [0.05, 0.1) is 35.7 Å². The number of carbonyl (C=O) groups excluding carboxylic acids is 2. The van der Waals surface area contributed by atoms with E-state index in [1.165, 1.54) is 55.0 Å². The number of amidine groups is 1. The zero-order valence-corrected chi connectivity index (χ0v) is 20.6. The Hall–Kier alpha value is -4.64. The smallest absolute Gasteiger partial charge is 0.336 e. The first-order valence-electron chi connectivity index (χ1n) is 11.3. The van der Waals surface area contributed by atoms with Gasteiger partial charge in [-0.25, -0.2) is 4.79 Å². The molecule has 3 rings (SSSR count). The van der Waals surface area contributed by atoms with Gasteiger partial charge >= 0.3 is 5.97 Å². The Morgan fingerprint density at radius 1 is 1.03 bits per heavy atom. The van der Waals surface area contributed by atoms with E-state index >= 15 is 0 Å². The van der Waals surface area contributed by atoms with Gasteiger partial charge in [-0.3, -0.25) is 25.0 Å². The number of aromatic nitrogens is 2. The molecule has 0 aliphatic rings. The predicted molar refractivity (Wildman–Crippen MR) is 138 cm³/mol. The number of pyridine rings is 2.